The number of rotatable bonds is 5. The van der Waals surface area contributed by atoms with E-state index in [9.17, 15) is 18.7 Å². The number of hydrogen-bond acceptors (Lipinski definition) is 9. The third kappa shape index (κ3) is 3.87. The fourth-order valence-electron chi connectivity index (χ4n) is 5.48. The monoisotopic (exact) mass is 528 g/mol. The Morgan fingerprint density at radius 3 is 2.56 bits per heavy atom. The van der Waals surface area contributed by atoms with Crippen LogP contribution in [0.15, 0.2) is 65.0 Å². The van der Waals surface area contributed by atoms with E-state index in [1.807, 2.05) is 24.3 Å². The van der Waals surface area contributed by atoms with E-state index in [2.05, 4.69) is 14.6 Å². The van der Waals surface area contributed by atoms with Gasteiger partial charge in [-0.25, -0.2) is 4.98 Å². The van der Waals surface area contributed by atoms with Gasteiger partial charge in [0.2, 0.25) is 11.0 Å². The minimum atomic E-state index is -3.25. The maximum Gasteiger partial charge on any atom is 0.322 e. The highest BCUT2D eigenvalue weighted by Crippen LogP contribution is 2.49. The molecule has 0 aliphatic carbocycles. The smallest absolute Gasteiger partial charge is 0.322 e. The number of hydrogen-bond donors (Lipinski definition) is 3. The molecule has 1 amide bonds. The zero-order valence-electron chi connectivity index (χ0n) is 19.4. The summed E-state index contributed by atoms with van der Waals surface area (Å²) >= 11 is 1.28. The van der Waals surface area contributed by atoms with E-state index >= 15 is 0 Å². The van der Waals surface area contributed by atoms with Gasteiger partial charge in [-0.2, -0.15) is 0 Å². The number of fused-ring (bicyclic) bond motifs is 2. The third-order valence-electron chi connectivity index (χ3n) is 7.40. The molecule has 36 heavy (non-hydrogen) atoms. The molecule has 2 aromatic carbocycles. The Bertz CT molecular complexity index is 1300. The molecule has 9 nitrogen and oxygen atoms in total. The van der Waals surface area contributed by atoms with Crippen molar-refractivity contribution >= 4 is 44.8 Å². The van der Waals surface area contributed by atoms with Gasteiger partial charge >= 0.3 is 5.97 Å². The van der Waals surface area contributed by atoms with E-state index < -0.39 is 16.2 Å². The van der Waals surface area contributed by atoms with Crippen LogP contribution in [0.25, 0.3) is 0 Å². The van der Waals surface area contributed by atoms with Crippen molar-refractivity contribution in [1.29, 1.82) is 0 Å². The Morgan fingerprint density at radius 2 is 1.83 bits per heavy atom. The summed E-state index contributed by atoms with van der Waals surface area (Å²) in [5.74, 6) is 0.500. The van der Waals surface area contributed by atoms with Crippen LogP contribution in [0.5, 0.6) is 5.75 Å². The molecule has 1 aromatic heterocycles. The summed E-state index contributed by atoms with van der Waals surface area (Å²) in [4.78, 5) is 34.4. The molecule has 0 unspecified atom stereocenters. The van der Waals surface area contributed by atoms with Gasteiger partial charge in [-0.15, -0.1) is 11.3 Å². The van der Waals surface area contributed by atoms with Gasteiger partial charge in [0, 0.05) is 43.9 Å². The lowest BCUT2D eigenvalue weighted by atomic mass is 9.73. The van der Waals surface area contributed by atoms with E-state index in [1.165, 1.54) is 11.3 Å². The van der Waals surface area contributed by atoms with Gasteiger partial charge in [-0.1, -0.05) is 29.0 Å². The second kappa shape index (κ2) is 8.86. The third-order valence-corrected chi connectivity index (χ3v) is 9.63. The Labute approximate surface area is 215 Å². The first kappa shape index (κ1) is 23.4. The van der Waals surface area contributed by atoms with Crippen LogP contribution >= 0.6 is 22.1 Å². The van der Waals surface area contributed by atoms with Gasteiger partial charge in [0.1, 0.15) is 5.75 Å². The topological polar surface area (TPSA) is 115 Å². The molecular formula is C25H28N4O5S2. The number of anilines is 2. The SMILES string of the molecule is O=C1[C@@H](N2CCC3(CC2)C(=O)Oc2ccccc23)CCN1c1ccc(S(O)(O)Nc2nccs2)cc1.[HH]. The lowest BCUT2D eigenvalue weighted by Crippen LogP contribution is -2.51. The van der Waals surface area contributed by atoms with Crippen LogP contribution in [0.1, 0.15) is 26.3 Å². The predicted molar refractivity (Wildman–Crippen MR) is 141 cm³/mol. The minimum absolute atomic E-state index is 0. The second-order valence-electron chi connectivity index (χ2n) is 9.28. The molecule has 1 atom stereocenters. The summed E-state index contributed by atoms with van der Waals surface area (Å²) in [6.07, 6.45) is 3.55. The average Bonchev–Trinajstić information content (AvgIpc) is 3.59. The molecule has 6 rings (SSSR count). The van der Waals surface area contributed by atoms with Crippen LogP contribution in [0.4, 0.5) is 10.8 Å². The summed E-state index contributed by atoms with van der Waals surface area (Å²) in [6, 6.07) is 14.1. The second-order valence-corrected chi connectivity index (χ2v) is 11.9. The molecule has 3 aliphatic heterocycles. The number of carbonyl (C=O) groups excluding carboxylic acids is 2. The van der Waals surface area contributed by atoms with Crippen molar-refractivity contribution in [2.24, 2.45) is 0 Å². The molecule has 0 saturated carbocycles. The molecule has 190 valence electrons. The normalized spacial score (nSPS) is 22.1. The number of para-hydroxylation sites is 1. The molecule has 0 bridgehead atoms. The number of thiazole rings is 1. The Morgan fingerprint density at radius 1 is 1.08 bits per heavy atom. The number of benzene rings is 2. The van der Waals surface area contributed by atoms with Gasteiger partial charge in [-0.3, -0.25) is 28.3 Å². The highest BCUT2D eigenvalue weighted by Gasteiger charge is 2.52. The van der Waals surface area contributed by atoms with Gasteiger partial charge in [0.05, 0.1) is 16.4 Å². The maximum absolute atomic E-state index is 13.4. The molecule has 3 N–H and O–H groups in total. The highest BCUT2D eigenvalue weighted by atomic mass is 32.3. The van der Waals surface area contributed by atoms with Crippen LogP contribution in [0.2, 0.25) is 0 Å². The van der Waals surface area contributed by atoms with Crippen molar-refractivity contribution in [3.63, 3.8) is 0 Å². The average molecular weight is 529 g/mol. The summed E-state index contributed by atoms with van der Waals surface area (Å²) in [5.41, 5.74) is 1.07. The summed E-state index contributed by atoms with van der Waals surface area (Å²) < 4.78 is 29.3. The largest absolute Gasteiger partial charge is 0.426 e. The Balaban J connectivity index is 0.00000280. The first-order chi connectivity index (χ1) is 17.4. The number of nitrogens with one attached hydrogen (secondary N) is 1. The number of nitrogens with zero attached hydrogens (tertiary/aromatic N) is 3. The van der Waals surface area contributed by atoms with E-state index in [4.69, 9.17) is 4.74 Å². The fourth-order valence-corrected chi connectivity index (χ4v) is 7.32. The van der Waals surface area contributed by atoms with E-state index in [-0.39, 0.29) is 19.3 Å². The number of ether oxygens (including phenoxy) is 1. The van der Waals surface area contributed by atoms with Crippen LogP contribution in [0.3, 0.4) is 0 Å². The molecule has 11 heteroatoms. The van der Waals surface area contributed by atoms with Gasteiger partial charge in [-0.05, 0) is 49.6 Å². The number of esters is 1. The zero-order valence-corrected chi connectivity index (χ0v) is 21.0. The first-order valence-corrected chi connectivity index (χ1v) is 14.2. The predicted octanol–water partition coefficient (Wildman–Crippen LogP) is 4.58. The van der Waals surface area contributed by atoms with Crippen molar-refractivity contribution in [2.45, 2.75) is 35.6 Å². The highest BCUT2D eigenvalue weighted by molar-refractivity contribution is 8.25. The molecular weight excluding hydrogens is 500 g/mol. The van der Waals surface area contributed by atoms with Crippen LogP contribution in [-0.2, 0) is 15.0 Å². The summed E-state index contributed by atoms with van der Waals surface area (Å²) in [7, 11) is -3.25. The van der Waals surface area contributed by atoms with Gasteiger partial charge in [0.25, 0.3) is 0 Å². The first-order valence-electron chi connectivity index (χ1n) is 11.8. The van der Waals surface area contributed by atoms with E-state index in [1.54, 1.807) is 40.7 Å². The number of aromatic nitrogens is 1. The van der Waals surface area contributed by atoms with Crippen LogP contribution in [0, 0.1) is 0 Å². The van der Waals surface area contributed by atoms with Crippen molar-refractivity contribution in [3.8, 4) is 5.75 Å². The number of amides is 1. The van der Waals surface area contributed by atoms with Crippen molar-refractivity contribution < 1.29 is 24.9 Å². The maximum atomic E-state index is 13.4. The van der Waals surface area contributed by atoms with E-state index in [0.29, 0.717) is 54.7 Å². The number of piperidine rings is 1. The Kier molecular flexibility index (Phi) is 5.77. The van der Waals surface area contributed by atoms with Gasteiger partial charge in [0.15, 0.2) is 0 Å². The number of likely N-dealkylation sites (tertiary alicyclic amines) is 1. The van der Waals surface area contributed by atoms with Crippen molar-refractivity contribution in [1.82, 2.24) is 9.88 Å². The van der Waals surface area contributed by atoms with Crippen LogP contribution < -0.4 is 14.4 Å². The lowest BCUT2D eigenvalue weighted by molar-refractivity contribution is -0.140. The molecule has 3 aliphatic rings. The van der Waals surface area contributed by atoms with E-state index in [0.717, 1.165) is 11.3 Å². The quantitative estimate of drug-likeness (QED) is 0.326. The standard InChI is InChI=1S/C25H26N4O5S2.H2/c30-22-20(28-14-10-25(11-15-28)19-3-1-2-4-21(19)34-23(25)31)9-13-29(22)17-5-7-18(8-6-17)36(32,33)27-24-26-12-16-35-24;/h1-8,12,16,20,32-33H,9-11,13-15H2,(H,26,27);1H/t20-;/m0./s1. The molecule has 2 fully saturated rings. The fraction of sp³-hybridized carbons (Fsp3) is 0.320. The molecule has 2 saturated heterocycles. The number of carbonyl (C=O) groups is 2. The summed E-state index contributed by atoms with van der Waals surface area (Å²) in [6.45, 7) is 1.88. The van der Waals surface area contributed by atoms with Crippen LogP contribution in [-0.4, -0.2) is 56.5 Å². The molecule has 0 radical (unpaired) electrons. The molecule has 3 aromatic rings. The Hall–Kier alpha value is -2.96. The van der Waals surface area contributed by atoms with Gasteiger partial charge < -0.3 is 9.64 Å². The summed E-state index contributed by atoms with van der Waals surface area (Å²) in [5, 5.41) is 2.17. The van der Waals surface area contributed by atoms with Crippen molar-refractivity contribution in [2.75, 3.05) is 29.3 Å². The molecule has 1 spiro atoms. The zero-order chi connectivity index (χ0) is 24.9. The van der Waals surface area contributed by atoms with Crippen molar-refractivity contribution in [3.05, 3.63) is 65.7 Å². The molecule has 4 heterocycles. The minimum Gasteiger partial charge on any atom is -0.426 e. The lowest BCUT2D eigenvalue weighted by Gasteiger charge is -2.39.